The lowest BCUT2D eigenvalue weighted by molar-refractivity contribution is 0.112. The molecule has 110 valence electrons. The Balaban J connectivity index is 2.11. The number of aromatic nitrogens is 2. The van der Waals surface area contributed by atoms with E-state index in [2.05, 4.69) is 9.97 Å². The molecule has 0 fully saturated rings. The van der Waals surface area contributed by atoms with Crippen LogP contribution in [0.4, 0.5) is 4.39 Å². The molecule has 2 aromatic heterocycles. The summed E-state index contributed by atoms with van der Waals surface area (Å²) in [6, 6.07) is 9.36. The number of halogens is 1. The van der Waals surface area contributed by atoms with Crippen LogP contribution in [0.5, 0.6) is 5.75 Å². The van der Waals surface area contributed by atoms with Gasteiger partial charge in [0.25, 0.3) is 0 Å². The van der Waals surface area contributed by atoms with Crippen LogP contribution in [0.15, 0.2) is 42.6 Å². The highest BCUT2D eigenvalue weighted by Gasteiger charge is 2.09. The summed E-state index contributed by atoms with van der Waals surface area (Å²) in [6.07, 6.45) is 2.33. The van der Waals surface area contributed by atoms with Crippen molar-refractivity contribution in [3.63, 3.8) is 0 Å². The first-order valence-electron chi connectivity index (χ1n) is 6.86. The molecule has 4 nitrogen and oxygen atoms in total. The van der Waals surface area contributed by atoms with Crippen molar-refractivity contribution in [2.45, 2.75) is 6.92 Å². The predicted octanol–water partition coefficient (Wildman–Crippen LogP) is 3.65. The van der Waals surface area contributed by atoms with Gasteiger partial charge in [-0.2, -0.15) is 0 Å². The molecule has 5 heteroatoms. The minimum Gasteiger partial charge on any atom is -0.492 e. The molecular weight excluding hydrogens is 283 g/mol. The van der Waals surface area contributed by atoms with Gasteiger partial charge in [0.15, 0.2) is 6.29 Å². The number of rotatable bonds is 4. The van der Waals surface area contributed by atoms with Gasteiger partial charge in [0.2, 0.25) is 0 Å². The van der Waals surface area contributed by atoms with Crippen LogP contribution in [0, 0.1) is 5.82 Å². The third-order valence-corrected chi connectivity index (χ3v) is 3.24. The van der Waals surface area contributed by atoms with Crippen molar-refractivity contribution in [3.8, 4) is 17.1 Å². The Morgan fingerprint density at radius 3 is 2.73 bits per heavy atom. The molecule has 0 saturated heterocycles. The first kappa shape index (κ1) is 14.1. The Hall–Kier alpha value is -2.82. The second-order valence-corrected chi connectivity index (χ2v) is 4.69. The summed E-state index contributed by atoms with van der Waals surface area (Å²) in [5, 5.41) is 0.617. The molecule has 0 aliphatic carbocycles. The minimum atomic E-state index is -0.395. The van der Waals surface area contributed by atoms with E-state index in [-0.39, 0.29) is 0 Å². The molecule has 0 aliphatic heterocycles. The van der Waals surface area contributed by atoms with E-state index in [0.29, 0.717) is 40.2 Å². The zero-order valence-electron chi connectivity index (χ0n) is 11.9. The van der Waals surface area contributed by atoms with Gasteiger partial charge >= 0.3 is 0 Å². The van der Waals surface area contributed by atoms with Crippen LogP contribution in [0.2, 0.25) is 0 Å². The van der Waals surface area contributed by atoms with Crippen LogP contribution in [-0.4, -0.2) is 22.9 Å². The van der Waals surface area contributed by atoms with Gasteiger partial charge in [0.1, 0.15) is 11.6 Å². The fourth-order valence-electron chi connectivity index (χ4n) is 2.24. The van der Waals surface area contributed by atoms with Crippen molar-refractivity contribution >= 4 is 17.2 Å². The van der Waals surface area contributed by atoms with E-state index in [4.69, 9.17) is 4.74 Å². The molecular formula is C17H13FN2O2. The molecule has 0 radical (unpaired) electrons. The Bertz CT molecular complexity index is 832. The molecule has 0 amide bonds. The van der Waals surface area contributed by atoms with Gasteiger partial charge in [-0.15, -0.1) is 0 Å². The van der Waals surface area contributed by atoms with E-state index >= 15 is 0 Å². The van der Waals surface area contributed by atoms with E-state index in [1.165, 1.54) is 12.1 Å². The number of pyridine rings is 2. The largest absolute Gasteiger partial charge is 0.492 e. The zero-order valence-corrected chi connectivity index (χ0v) is 11.9. The van der Waals surface area contributed by atoms with Crippen LogP contribution in [0.3, 0.4) is 0 Å². The van der Waals surface area contributed by atoms with Gasteiger partial charge in [0, 0.05) is 17.0 Å². The maximum absolute atomic E-state index is 13.4. The van der Waals surface area contributed by atoms with Gasteiger partial charge in [-0.05, 0) is 37.3 Å². The van der Waals surface area contributed by atoms with Crippen LogP contribution >= 0.6 is 0 Å². The summed E-state index contributed by atoms with van der Waals surface area (Å²) in [5.41, 5.74) is 1.99. The summed E-state index contributed by atoms with van der Waals surface area (Å²) < 4.78 is 18.7. The van der Waals surface area contributed by atoms with E-state index < -0.39 is 5.82 Å². The average molecular weight is 296 g/mol. The van der Waals surface area contributed by atoms with E-state index in [0.717, 1.165) is 6.29 Å². The molecule has 3 aromatic rings. The third kappa shape index (κ3) is 2.65. The fourth-order valence-corrected chi connectivity index (χ4v) is 2.24. The smallest absolute Gasteiger partial charge is 0.150 e. The number of carbonyl (C=O) groups is 1. The van der Waals surface area contributed by atoms with Crippen molar-refractivity contribution in [2.24, 2.45) is 0 Å². The molecule has 0 atom stereocenters. The summed E-state index contributed by atoms with van der Waals surface area (Å²) in [5.74, 6) is 0.266. The first-order chi connectivity index (χ1) is 10.7. The van der Waals surface area contributed by atoms with Gasteiger partial charge in [0.05, 0.1) is 29.7 Å². The molecule has 0 saturated carbocycles. The van der Waals surface area contributed by atoms with Crippen molar-refractivity contribution in [1.29, 1.82) is 0 Å². The van der Waals surface area contributed by atoms with E-state index in [1.807, 2.05) is 6.92 Å². The molecule has 0 unspecified atom stereocenters. The number of nitrogens with zero attached hydrogens (tertiary/aromatic N) is 2. The maximum atomic E-state index is 13.4. The number of hydrogen-bond acceptors (Lipinski definition) is 4. The second-order valence-electron chi connectivity index (χ2n) is 4.69. The van der Waals surface area contributed by atoms with Crippen molar-refractivity contribution in [3.05, 3.63) is 54.0 Å². The van der Waals surface area contributed by atoms with Gasteiger partial charge in [-0.25, -0.2) is 9.37 Å². The number of carbonyl (C=O) groups excluding carboxylic acids is 1. The molecule has 1 aromatic carbocycles. The molecule has 3 rings (SSSR count). The lowest BCUT2D eigenvalue weighted by Crippen LogP contribution is -1.95. The fraction of sp³-hybridized carbons (Fsp3) is 0.118. The van der Waals surface area contributed by atoms with Gasteiger partial charge < -0.3 is 4.74 Å². The molecule has 2 heterocycles. The number of hydrogen-bond donors (Lipinski definition) is 0. The van der Waals surface area contributed by atoms with Crippen LogP contribution in [-0.2, 0) is 0 Å². The monoisotopic (exact) mass is 296 g/mol. The summed E-state index contributed by atoms with van der Waals surface area (Å²) in [4.78, 5) is 19.9. The Kier molecular flexibility index (Phi) is 3.78. The van der Waals surface area contributed by atoms with E-state index in [1.54, 1.807) is 30.5 Å². The molecule has 0 spiro atoms. The van der Waals surface area contributed by atoms with Crippen LogP contribution in [0.25, 0.3) is 22.3 Å². The van der Waals surface area contributed by atoms with Gasteiger partial charge in [-0.1, -0.05) is 0 Å². The summed E-state index contributed by atoms with van der Waals surface area (Å²) >= 11 is 0. The van der Waals surface area contributed by atoms with Crippen molar-refractivity contribution < 1.29 is 13.9 Å². The van der Waals surface area contributed by atoms with Crippen LogP contribution < -0.4 is 4.74 Å². The SMILES string of the molecule is CCOc1ccc(-c2cc(C=O)c3ccc(F)cc3n2)nc1. The third-order valence-electron chi connectivity index (χ3n) is 3.24. The normalized spacial score (nSPS) is 10.6. The first-order valence-corrected chi connectivity index (χ1v) is 6.86. The molecule has 22 heavy (non-hydrogen) atoms. The predicted molar refractivity (Wildman–Crippen MR) is 81.5 cm³/mol. The highest BCUT2D eigenvalue weighted by molar-refractivity contribution is 5.97. The maximum Gasteiger partial charge on any atom is 0.150 e. The van der Waals surface area contributed by atoms with Crippen molar-refractivity contribution in [2.75, 3.05) is 6.61 Å². The van der Waals surface area contributed by atoms with E-state index in [9.17, 15) is 9.18 Å². The van der Waals surface area contributed by atoms with Gasteiger partial charge in [-0.3, -0.25) is 9.78 Å². The lowest BCUT2D eigenvalue weighted by atomic mass is 10.1. The lowest BCUT2D eigenvalue weighted by Gasteiger charge is -2.07. The highest BCUT2D eigenvalue weighted by Crippen LogP contribution is 2.24. The average Bonchev–Trinajstić information content (AvgIpc) is 2.54. The minimum absolute atomic E-state index is 0.395. The molecule has 0 bridgehead atoms. The number of fused-ring (bicyclic) bond motifs is 1. The number of ether oxygens (including phenoxy) is 1. The summed E-state index contributed by atoms with van der Waals surface area (Å²) in [6.45, 7) is 2.45. The number of aldehydes is 1. The molecule has 0 aliphatic rings. The second kappa shape index (κ2) is 5.89. The topological polar surface area (TPSA) is 52.1 Å². The Morgan fingerprint density at radius 2 is 2.05 bits per heavy atom. The highest BCUT2D eigenvalue weighted by atomic mass is 19.1. The van der Waals surface area contributed by atoms with Crippen LogP contribution in [0.1, 0.15) is 17.3 Å². The quantitative estimate of drug-likeness (QED) is 0.690. The summed E-state index contributed by atoms with van der Waals surface area (Å²) in [7, 11) is 0. The zero-order chi connectivity index (χ0) is 15.5. The number of benzene rings is 1. The van der Waals surface area contributed by atoms with Crippen molar-refractivity contribution in [1.82, 2.24) is 9.97 Å². The molecule has 0 N–H and O–H groups in total. The Morgan fingerprint density at radius 1 is 1.18 bits per heavy atom. The standard InChI is InChI=1S/C17H13FN2O2/c1-2-22-13-4-6-15(19-9-13)17-7-11(10-21)14-5-3-12(18)8-16(14)20-17/h3-10H,2H2,1H3. The Labute approximate surface area is 126 Å².